The number of benzene rings is 1. The van der Waals surface area contributed by atoms with Crippen LogP contribution in [0.5, 0.6) is 0 Å². The fraction of sp³-hybridized carbons (Fsp3) is 0.333. The van der Waals surface area contributed by atoms with Crippen molar-refractivity contribution in [3.63, 3.8) is 0 Å². The first-order chi connectivity index (χ1) is 11.9. The van der Waals surface area contributed by atoms with Gasteiger partial charge in [-0.1, -0.05) is 18.2 Å². The number of nitrogens with zero attached hydrogens (tertiary/aromatic N) is 5. The van der Waals surface area contributed by atoms with Crippen LogP contribution in [0.2, 0.25) is 0 Å². The van der Waals surface area contributed by atoms with Crippen molar-refractivity contribution >= 4 is 16.5 Å². The van der Waals surface area contributed by atoms with Crippen LogP contribution < -0.4 is 4.90 Å². The van der Waals surface area contributed by atoms with E-state index in [4.69, 9.17) is 0 Å². The van der Waals surface area contributed by atoms with E-state index in [0.717, 1.165) is 43.5 Å². The van der Waals surface area contributed by atoms with Crippen LogP contribution >= 0.6 is 11.3 Å². The standard InChI is InChI=1S/C18H21N5S/c1-2-5-17(6-3-1)23-15-16(13-20-23)14-21-8-4-9-22(11-10-21)18-19-7-12-24-18/h1-3,5-7,12-13,15H,4,8-11,14H2. The summed E-state index contributed by atoms with van der Waals surface area (Å²) in [6.07, 6.45) is 7.18. The molecular weight excluding hydrogens is 318 g/mol. The van der Waals surface area contributed by atoms with E-state index in [0.29, 0.717) is 0 Å². The van der Waals surface area contributed by atoms with Crippen LogP contribution in [0.1, 0.15) is 12.0 Å². The smallest absolute Gasteiger partial charge is 0.185 e. The summed E-state index contributed by atoms with van der Waals surface area (Å²) in [5.41, 5.74) is 2.37. The summed E-state index contributed by atoms with van der Waals surface area (Å²) in [5.74, 6) is 0. The Morgan fingerprint density at radius 2 is 1.96 bits per heavy atom. The number of para-hydroxylation sites is 1. The van der Waals surface area contributed by atoms with Gasteiger partial charge in [-0.05, 0) is 18.6 Å². The van der Waals surface area contributed by atoms with Crippen molar-refractivity contribution in [2.75, 3.05) is 31.1 Å². The maximum absolute atomic E-state index is 4.50. The monoisotopic (exact) mass is 339 g/mol. The van der Waals surface area contributed by atoms with Crippen molar-refractivity contribution in [1.82, 2.24) is 19.7 Å². The Hall–Kier alpha value is -2.18. The van der Waals surface area contributed by atoms with Crippen LogP contribution in [0.15, 0.2) is 54.3 Å². The molecule has 0 radical (unpaired) electrons. The molecule has 24 heavy (non-hydrogen) atoms. The first-order valence-corrected chi connectivity index (χ1v) is 9.22. The largest absolute Gasteiger partial charge is 0.347 e. The Bertz CT molecular complexity index is 753. The van der Waals surface area contributed by atoms with Gasteiger partial charge in [0.2, 0.25) is 0 Å². The molecule has 4 rings (SSSR count). The normalized spacial score (nSPS) is 16.2. The van der Waals surface area contributed by atoms with Crippen LogP contribution in [0.4, 0.5) is 5.13 Å². The van der Waals surface area contributed by atoms with Crippen molar-refractivity contribution < 1.29 is 0 Å². The number of rotatable bonds is 4. The summed E-state index contributed by atoms with van der Waals surface area (Å²) in [4.78, 5) is 9.35. The Morgan fingerprint density at radius 3 is 2.79 bits per heavy atom. The quantitative estimate of drug-likeness (QED) is 0.732. The third-order valence-electron chi connectivity index (χ3n) is 4.34. The molecule has 0 saturated carbocycles. The third kappa shape index (κ3) is 3.49. The highest BCUT2D eigenvalue weighted by molar-refractivity contribution is 7.13. The fourth-order valence-electron chi connectivity index (χ4n) is 3.11. The van der Waals surface area contributed by atoms with E-state index in [2.05, 4.69) is 43.6 Å². The third-order valence-corrected chi connectivity index (χ3v) is 5.17. The zero-order valence-electron chi connectivity index (χ0n) is 13.6. The molecule has 5 nitrogen and oxygen atoms in total. The van der Waals surface area contributed by atoms with Gasteiger partial charge >= 0.3 is 0 Å². The molecule has 1 aliphatic heterocycles. The van der Waals surface area contributed by atoms with E-state index in [1.807, 2.05) is 35.3 Å². The molecule has 3 heterocycles. The average Bonchev–Trinajstić information content (AvgIpc) is 3.26. The van der Waals surface area contributed by atoms with E-state index in [1.165, 1.54) is 12.0 Å². The molecule has 3 aromatic rings. The predicted octanol–water partition coefficient (Wildman–Crippen LogP) is 3.04. The average molecular weight is 339 g/mol. The minimum Gasteiger partial charge on any atom is -0.347 e. The van der Waals surface area contributed by atoms with Gasteiger partial charge in [0.15, 0.2) is 5.13 Å². The highest BCUT2D eigenvalue weighted by atomic mass is 32.1. The lowest BCUT2D eigenvalue weighted by atomic mass is 10.3. The van der Waals surface area contributed by atoms with Crippen molar-refractivity contribution in [2.24, 2.45) is 0 Å². The Balaban J connectivity index is 1.38. The molecule has 1 fully saturated rings. The van der Waals surface area contributed by atoms with Gasteiger partial charge in [-0.15, -0.1) is 11.3 Å². The van der Waals surface area contributed by atoms with E-state index in [-0.39, 0.29) is 0 Å². The predicted molar refractivity (Wildman–Crippen MR) is 97.8 cm³/mol. The molecule has 2 aromatic heterocycles. The highest BCUT2D eigenvalue weighted by Gasteiger charge is 2.17. The molecule has 0 bridgehead atoms. The van der Waals surface area contributed by atoms with E-state index < -0.39 is 0 Å². The number of hydrogen-bond donors (Lipinski definition) is 0. The summed E-state index contributed by atoms with van der Waals surface area (Å²) in [5, 5.41) is 7.70. The Morgan fingerprint density at radius 1 is 1.04 bits per heavy atom. The van der Waals surface area contributed by atoms with Gasteiger partial charge in [-0.2, -0.15) is 5.10 Å². The first kappa shape index (κ1) is 15.4. The molecule has 0 atom stereocenters. The maximum atomic E-state index is 4.50. The molecule has 0 aliphatic carbocycles. The zero-order chi connectivity index (χ0) is 16.2. The first-order valence-electron chi connectivity index (χ1n) is 8.34. The van der Waals surface area contributed by atoms with E-state index in [9.17, 15) is 0 Å². The van der Waals surface area contributed by atoms with Gasteiger partial charge in [0.05, 0.1) is 11.9 Å². The number of hydrogen-bond acceptors (Lipinski definition) is 5. The maximum Gasteiger partial charge on any atom is 0.185 e. The topological polar surface area (TPSA) is 37.2 Å². The lowest BCUT2D eigenvalue weighted by Gasteiger charge is -2.20. The molecule has 1 saturated heterocycles. The van der Waals surface area contributed by atoms with E-state index in [1.54, 1.807) is 11.3 Å². The minimum absolute atomic E-state index is 0.957. The Kier molecular flexibility index (Phi) is 4.57. The summed E-state index contributed by atoms with van der Waals surface area (Å²) >= 11 is 1.73. The van der Waals surface area contributed by atoms with Crippen molar-refractivity contribution in [1.29, 1.82) is 0 Å². The second kappa shape index (κ2) is 7.15. The molecule has 6 heteroatoms. The second-order valence-electron chi connectivity index (χ2n) is 6.06. The number of thiazole rings is 1. The van der Waals surface area contributed by atoms with Crippen molar-refractivity contribution in [3.8, 4) is 5.69 Å². The van der Waals surface area contributed by atoms with Gasteiger partial charge in [0, 0.05) is 56.1 Å². The van der Waals surface area contributed by atoms with E-state index >= 15 is 0 Å². The molecule has 0 spiro atoms. The summed E-state index contributed by atoms with van der Waals surface area (Å²) < 4.78 is 1.95. The molecule has 1 aromatic carbocycles. The van der Waals surface area contributed by atoms with Crippen LogP contribution in [0.3, 0.4) is 0 Å². The SMILES string of the molecule is c1ccc(-n2cc(CN3CCCN(c4nccs4)CC3)cn2)cc1. The van der Waals surface area contributed by atoms with Gasteiger partial charge in [0.25, 0.3) is 0 Å². The van der Waals surface area contributed by atoms with Crippen LogP contribution in [-0.4, -0.2) is 45.8 Å². The van der Waals surface area contributed by atoms with Crippen molar-refractivity contribution in [3.05, 3.63) is 59.9 Å². The molecule has 124 valence electrons. The van der Waals surface area contributed by atoms with Gasteiger partial charge in [0.1, 0.15) is 0 Å². The molecule has 0 N–H and O–H groups in total. The van der Waals surface area contributed by atoms with Gasteiger partial charge in [-0.3, -0.25) is 4.90 Å². The van der Waals surface area contributed by atoms with Crippen LogP contribution in [0.25, 0.3) is 5.69 Å². The Labute approximate surface area is 146 Å². The number of aromatic nitrogens is 3. The number of anilines is 1. The molecule has 0 unspecified atom stereocenters. The van der Waals surface area contributed by atoms with Gasteiger partial charge < -0.3 is 4.90 Å². The summed E-state index contributed by atoms with van der Waals surface area (Å²) in [6, 6.07) is 10.3. The molecule has 0 amide bonds. The van der Waals surface area contributed by atoms with Crippen LogP contribution in [-0.2, 0) is 6.54 Å². The van der Waals surface area contributed by atoms with Crippen molar-refractivity contribution in [2.45, 2.75) is 13.0 Å². The highest BCUT2D eigenvalue weighted by Crippen LogP contribution is 2.19. The summed E-state index contributed by atoms with van der Waals surface area (Å²) in [6.45, 7) is 5.28. The zero-order valence-corrected chi connectivity index (χ0v) is 14.4. The fourth-order valence-corrected chi connectivity index (χ4v) is 3.81. The van der Waals surface area contributed by atoms with Gasteiger partial charge in [-0.25, -0.2) is 9.67 Å². The lowest BCUT2D eigenvalue weighted by Crippen LogP contribution is -2.30. The second-order valence-corrected chi connectivity index (χ2v) is 6.93. The molecular formula is C18H21N5S. The van der Waals surface area contributed by atoms with Crippen LogP contribution in [0, 0.1) is 0 Å². The summed E-state index contributed by atoms with van der Waals surface area (Å²) in [7, 11) is 0. The lowest BCUT2D eigenvalue weighted by molar-refractivity contribution is 0.285. The molecule has 1 aliphatic rings. The minimum atomic E-state index is 0.957.